The number of halogens is 1. The van der Waals surface area contributed by atoms with Crippen LogP contribution < -0.4 is 5.32 Å². The molecule has 0 saturated carbocycles. The molecule has 0 radical (unpaired) electrons. The molecule has 1 aromatic carbocycles. The van der Waals surface area contributed by atoms with Crippen molar-refractivity contribution in [2.75, 3.05) is 16.8 Å². The molecule has 0 amide bonds. The summed E-state index contributed by atoms with van der Waals surface area (Å²) in [5, 5.41) is 7.19. The Hall–Kier alpha value is -2.28. The molecule has 0 spiro atoms. The van der Waals surface area contributed by atoms with E-state index in [9.17, 15) is 0 Å². The fraction of sp³-hybridized carbons (Fsp3) is 0.217. The Labute approximate surface area is 189 Å². The molecule has 0 saturated heterocycles. The van der Waals surface area contributed by atoms with E-state index in [1.165, 1.54) is 16.9 Å². The summed E-state index contributed by atoms with van der Waals surface area (Å²) in [5.41, 5.74) is 6.69. The van der Waals surface area contributed by atoms with Gasteiger partial charge in [0.25, 0.3) is 0 Å². The Morgan fingerprint density at radius 2 is 1.93 bits per heavy atom. The van der Waals surface area contributed by atoms with Gasteiger partial charge in [0.1, 0.15) is 11.5 Å². The van der Waals surface area contributed by atoms with Crippen molar-refractivity contribution in [2.24, 2.45) is 0 Å². The zero-order valence-electron chi connectivity index (χ0n) is 16.6. The highest BCUT2D eigenvalue weighted by Gasteiger charge is 2.15. The molecule has 7 heteroatoms. The number of aryl methyl sites for hydroxylation is 1. The highest BCUT2D eigenvalue weighted by Crippen LogP contribution is 2.31. The van der Waals surface area contributed by atoms with Crippen molar-refractivity contribution in [2.45, 2.75) is 19.8 Å². The standard InChI is InChI=1S/C23H21ClN4S2/c1-2-19-22(27-23-26-20(14-30-23)16-3-6-18(24)7-4-16)28-13-17(5-8-21(28)25-19)15-9-11-29-12-10-15/h3-9,13-14H,2,10-12H2,1H3,(H,26,27). The van der Waals surface area contributed by atoms with Crippen molar-refractivity contribution >= 4 is 56.9 Å². The lowest BCUT2D eigenvalue weighted by molar-refractivity contribution is 1.07. The topological polar surface area (TPSA) is 42.2 Å². The Bertz CT molecular complexity index is 1220. The van der Waals surface area contributed by atoms with Crippen molar-refractivity contribution < 1.29 is 0 Å². The van der Waals surface area contributed by atoms with Crippen LogP contribution in [0.2, 0.25) is 5.02 Å². The molecule has 3 aromatic heterocycles. The number of nitrogens with one attached hydrogen (secondary N) is 1. The van der Waals surface area contributed by atoms with Gasteiger partial charge in [-0.05, 0) is 54.0 Å². The van der Waals surface area contributed by atoms with Gasteiger partial charge >= 0.3 is 0 Å². The van der Waals surface area contributed by atoms with Crippen LogP contribution in [-0.2, 0) is 6.42 Å². The van der Waals surface area contributed by atoms with E-state index < -0.39 is 0 Å². The van der Waals surface area contributed by atoms with Crippen LogP contribution in [0.25, 0.3) is 22.5 Å². The number of nitrogens with zero attached hydrogens (tertiary/aromatic N) is 3. The lowest BCUT2D eigenvalue weighted by Gasteiger charge is -2.13. The molecular formula is C23H21ClN4S2. The Kier molecular flexibility index (Phi) is 5.54. The van der Waals surface area contributed by atoms with Crippen LogP contribution in [0.4, 0.5) is 10.9 Å². The van der Waals surface area contributed by atoms with Crippen LogP contribution in [0.3, 0.4) is 0 Å². The molecule has 152 valence electrons. The Balaban J connectivity index is 1.50. The number of thioether (sulfide) groups is 1. The van der Waals surface area contributed by atoms with Crippen LogP contribution in [0, 0.1) is 0 Å². The minimum atomic E-state index is 0.730. The number of benzene rings is 1. The molecule has 30 heavy (non-hydrogen) atoms. The minimum absolute atomic E-state index is 0.730. The van der Waals surface area contributed by atoms with Gasteiger partial charge in [-0.2, -0.15) is 11.8 Å². The second kappa shape index (κ2) is 8.46. The number of pyridine rings is 1. The van der Waals surface area contributed by atoms with Crippen LogP contribution in [-0.4, -0.2) is 25.9 Å². The molecule has 4 nitrogen and oxygen atoms in total. The number of thiazole rings is 1. The maximum Gasteiger partial charge on any atom is 0.188 e. The monoisotopic (exact) mass is 452 g/mol. The van der Waals surface area contributed by atoms with E-state index in [1.54, 1.807) is 11.3 Å². The minimum Gasteiger partial charge on any atom is -0.316 e. The molecule has 5 rings (SSSR count). The largest absolute Gasteiger partial charge is 0.316 e. The number of rotatable bonds is 5. The van der Waals surface area contributed by atoms with E-state index in [2.05, 4.69) is 46.4 Å². The third-order valence-corrected chi connectivity index (χ3v) is 7.13. The number of aromatic nitrogens is 3. The predicted octanol–water partition coefficient (Wildman–Crippen LogP) is 6.94. The van der Waals surface area contributed by atoms with Crippen molar-refractivity contribution in [3.05, 3.63) is 70.3 Å². The van der Waals surface area contributed by atoms with Gasteiger partial charge in [-0.1, -0.05) is 36.7 Å². The van der Waals surface area contributed by atoms with E-state index >= 15 is 0 Å². The first-order valence-corrected chi connectivity index (χ1v) is 12.4. The second-order valence-corrected chi connectivity index (χ2v) is 9.58. The van der Waals surface area contributed by atoms with E-state index in [0.29, 0.717) is 0 Å². The quantitative estimate of drug-likeness (QED) is 0.356. The smallest absolute Gasteiger partial charge is 0.188 e. The van der Waals surface area contributed by atoms with E-state index in [-0.39, 0.29) is 0 Å². The van der Waals surface area contributed by atoms with Gasteiger partial charge in [0, 0.05) is 27.9 Å². The maximum absolute atomic E-state index is 6.01. The molecule has 0 unspecified atom stereocenters. The lowest BCUT2D eigenvalue weighted by Crippen LogP contribution is -2.00. The van der Waals surface area contributed by atoms with Gasteiger partial charge in [-0.3, -0.25) is 4.40 Å². The van der Waals surface area contributed by atoms with Gasteiger partial charge in [-0.15, -0.1) is 11.3 Å². The van der Waals surface area contributed by atoms with E-state index in [4.69, 9.17) is 21.6 Å². The number of hydrogen-bond acceptors (Lipinski definition) is 5. The van der Waals surface area contributed by atoms with Crippen molar-refractivity contribution in [1.29, 1.82) is 0 Å². The first kappa shape index (κ1) is 19.7. The summed E-state index contributed by atoms with van der Waals surface area (Å²) in [6.45, 7) is 2.13. The van der Waals surface area contributed by atoms with Crippen molar-refractivity contribution in [3.63, 3.8) is 0 Å². The summed E-state index contributed by atoms with van der Waals surface area (Å²) in [6, 6.07) is 12.1. The molecular weight excluding hydrogens is 432 g/mol. The van der Waals surface area contributed by atoms with Crippen LogP contribution in [0.1, 0.15) is 24.6 Å². The summed E-state index contributed by atoms with van der Waals surface area (Å²) >= 11 is 9.60. The summed E-state index contributed by atoms with van der Waals surface area (Å²) in [7, 11) is 0. The first-order chi connectivity index (χ1) is 14.7. The number of imidazole rings is 1. The molecule has 1 N–H and O–H groups in total. The second-order valence-electron chi connectivity index (χ2n) is 7.13. The molecule has 0 aliphatic carbocycles. The molecule has 1 aliphatic heterocycles. The molecule has 1 aliphatic rings. The summed E-state index contributed by atoms with van der Waals surface area (Å²) in [4.78, 5) is 9.62. The predicted molar refractivity (Wildman–Crippen MR) is 130 cm³/mol. The summed E-state index contributed by atoms with van der Waals surface area (Å²) in [6.07, 6.45) is 6.53. The Morgan fingerprint density at radius 3 is 2.70 bits per heavy atom. The third kappa shape index (κ3) is 3.87. The highest BCUT2D eigenvalue weighted by molar-refractivity contribution is 7.99. The van der Waals surface area contributed by atoms with Crippen molar-refractivity contribution in [1.82, 2.24) is 14.4 Å². The van der Waals surface area contributed by atoms with Gasteiger partial charge < -0.3 is 5.32 Å². The molecule has 4 heterocycles. The normalized spacial score (nSPS) is 14.1. The zero-order chi connectivity index (χ0) is 20.5. The van der Waals surface area contributed by atoms with Gasteiger partial charge in [0.15, 0.2) is 5.13 Å². The zero-order valence-corrected chi connectivity index (χ0v) is 18.9. The third-order valence-electron chi connectivity index (χ3n) is 5.23. The SMILES string of the molecule is CCc1nc2ccc(C3=CCSCC3)cn2c1Nc1nc(-c2ccc(Cl)cc2)cs1. The average molecular weight is 453 g/mol. The average Bonchev–Trinajstić information content (AvgIpc) is 3.39. The maximum atomic E-state index is 6.01. The molecule has 0 fully saturated rings. The number of fused-ring (bicyclic) bond motifs is 1. The fourth-order valence-electron chi connectivity index (χ4n) is 3.64. The van der Waals surface area contributed by atoms with Crippen LogP contribution in [0.15, 0.2) is 54.1 Å². The van der Waals surface area contributed by atoms with Crippen LogP contribution >= 0.6 is 34.7 Å². The number of anilines is 2. The molecule has 0 bridgehead atoms. The van der Waals surface area contributed by atoms with Crippen molar-refractivity contribution in [3.8, 4) is 11.3 Å². The summed E-state index contributed by atoms with van der Waals surface area (Å²) in [5.74, 6) is 3.28. The number of allylic oxidation sites excluding steroid dienone is 1. The molecule has 0 atom stereocenters. The Morgan fingerprint density at radius 1 is 1.10 bits per heavy atom. The van der Waals surface area contributed by atoms with E-state index in [0.717, 1.165) is 57.2 Å². The molecule has 4 aromatic rings. The fourth-order valence-corrected chi connectivity index (χ4v) is 5.33. The highest BCUT2D eigenvalue weighted by atomic mass is 35.5. The van der Waals surface area contributed by atoms with Gasteiger partial charge in [0.05, 0.1) is 11.4 Å². The lowest BCUT2D eigenvalue weighted by atomic mass is 10.1. The summed E-state index contributed by atoms with van der Waals surface area (Å²) < 4.78 is 2.17. The van der Waals surface area contributed by atoms with Gasteiger partial charge in [-0.25, -0.2) is 9.97 Å². The van der Waals surface area contributed by atoms with Crippen LogP contribution in [0.5, 0.6) is 0 Å². The first-order valence-electron chi connectivity index (χ1n) is 9.98. The number of hydrogen-bond donors (Lipinski definition) is 1. The van der Waals surface area contributed by atoms with Gasteiger partial charge in [0.2, 0.25) is 0 Å². The van der Waals surface area contributed by atoms with E-state index in [1.807, 2.05) is 36.0 Å².